The molecule has 0 atom stereocenters. The van der Waals surface area contributed by atoms with Crippen LogP contribution in [0.5, 0.6) is 0 Å². The Morgan fingerprint density at radius 2 is 1.73 bits per heavy atom. The Kier molecular flexibility index (Phi) is 9.37. The molecule has 1 aliphatic rings. The lowest BCUT2D eigenvalue weighted by molar-refractivity contribution is -0.148. The number of benzene rings is 2. The smallest absolute Gasteiger partial charge is 0.315 e. The minimum absolute atomic E-state index is 0.176. The molecule has 0 N–H and O–H groups in total. The van der Waals surface area contributed by atoms with Crippen LogP contribution < -0.4 is 0 Å². The van der Waals surface area contributed by atoms with Crippen LogP contribution >= 0.6 is 0 Å². The zero-order valence-electron chi connectivity index (χ0n) is 18.0. The Bertz CT molecular complexity index is 852. The van der Waals surface area contributed by atoms with Gasteiger partial charge in [0.05, 0.1) is 6.61 Å². The van der Waals surface area contributed by atoms with Crippen LogP contribution in [-0.4, -0.2) is 62.0 Å². The van der Waals surface area contributed by atoms with Crippen LogP contribution in [0, 0.1) is 12.8 Å². The molecule has 2 aromatic rings. The molecule has 0 unspecified atom stereocenters. The maximum Gasteiger partial charge on any atom is 0.315 e. The number of amides is 1. The Labute approximate surface area is 180 Å². The van der Waals surface area contributed by atoms with E-state index in [9.17, 15) is 9.59 Å². The summed E-state index contributed by atoms with van der Waals surface area (Å²) in [4.78, 5) is 26.9. The Hall–Kier alpha value is -2.84. The standard InChI is InChI=1S/C23H30N2O3.C2H2/c1-24(2)22(26)17-23(27)28-15-5-12-25-13-10-19(11-14-25)21-9-8-18-6-3-4-7-20(18)16-21;1-2/h3-4,6-9,16,19H,5,10-15,17H2,1-2H3;1-2H. The van der Waals surface area contributed by atoms with Crippen molar-refractivity contribution < 1.29 is 14.3 Å². The van der Waals surface area contributed by atoms with Crippen molar-refractivity contribution in [2.45, 2.75) is 31.6 Å². The van der Waals surface area contributed by atoms with Gasteiger partial charge in [0.15, 0.2) is 0 Å². The molecule has 0 saturated carbocycles. The molecule has 5 nitrogen and oxygen atoms in total. The molecule has 1 aliphatic heterocycles. The highest BCUT2D eigenvalue weighted by atomic mass is 16.5. The van der Waals surface area contributed by atoms with Crippen molar-refractivity contribution in [1.82, 2.24) is 9.80 Å². The number of fused-ring (bicyclic) bond motifs is 1. The van der Waals surface area contributed by atoms with E-state index in [1.165, 1.54) is 21.2 Å². The second-order valence-electron chi connectivity index (χ2n) is 7.76. The van der Waals surface area contributed by atoms with E-state index in [0.717, 1.165) is 38.9 Å². The highest BCUT2D eigenvalue weighted by molar-refractivity contribution is 5.94. The first-order valence-corrected chi connectivity index (χ1v) is 10.4. The number of ether oxygens (including phenoxy) is 1. The quantitative estimate of drug-likeness (QED) is 0.304. The van der Waals surface area contributed by atoms with E-state index in [-0.39, 0.29) is 12.3 Å². The lowest BCUT2D eigenvalue weighted by Gasteiger charge is -2.32. The van der Waals surface area contributed by atoms with Gasteiger partial charge in [-0.3, -0.25) is 9.59 Å². The lowest BCUT2D eigenvalue weighted by Crippen LogP contribution is -2.34. The second kappa shape index (κ2) is 12.0. The number of carbonyl (C=O) groups is 2. The van der Waals surface area contributed by atoms with Gasteiger partial charge in [-0.15, -0.1) is 12.8 Å². The molecule has 0 bridgehead atoms. The van der Waals surface area contributed by atoms with Crippen LogP contribution in [0.1, 0.15) is 37.2 Å². The molecule has 0 radical (unpaired) electrons. The summed E-state index contributed by atoms with van der Waals surface area (Å²) in [6.45, 7) is 3.46. The molecule has 5 heteroatoms. The number of piperidine rings is 1. The van der Waals surface area contributed by atoms with E-state index in [1.807, 2.05) is 0 Å². The normalized spacial score (nSPS) is 14.5. The summed E-state index contributed by atoms with van der Waals surface area (Å²) in [6, 6.07) is 15.4. The fraction of sp³-hybridized carbons (Fsp3) is 0.440. The summed E-state index contributed by atoms with van der Waals surface area (Å²) < 4.78 is 5.17. The number of nitrogens with zero attached hydrogens (tertiary/aromatic N) is 2. The van der Waals surface area contributed by atoms with Gasteiger partial charge in [-0.25, -0.2) is 0 Å². The molecule has 3 rings (SSSR count). The summed E-state index contributed by atoms with van der Waals surface area (Å²) in [6.07, 6.45) is 11.0. The van der Waals surface area contributed by atoms with Crippen LogP contribution in [0.2, 0.25) is 0 Å². The third kappa shape index (κ3) is 6.89. The second-order valence-corrected chi connectivity index (χ2v) is 7.76. The zero-order chi connectivity index (χ0) is 21.9. The summed E-state index contributed by atoms with van der Waals surface area (Å²) in [5.74, 6) is -0.0368. The fourth-order valence-electron chi connectivity index (χ4n) is 3.76. The van der Waals surface area contributed by atoms with Crippen molar-refractivity contribution in [3.8, 4) is 12.8 Å². The van der Waals surface area contributed by atoms with Gasteiger partial charge in [0, 0.05) is 20.6 Å². The first-order chi connectivity index (χ1) is 14.5. The number of hydrogen-bond donors (Lipinski definition) is 0. The maximum absolute atomic E-state index is 11.6. The number of carbonyl (C=O) groups excluding carboxylic acids is 2. The van der Waals surface area contributed by atoms with Gasteiger partial charge in [0.2, 0.25) is 5.91 Å². The van der Waals surface area contributed by atoms with E-state index in [2.05, 4.69) is 60.2 Å². The predicted octanol–water partition coefficient (Wildman–Crippen LogP) is 3.68. The first-order valence-electron chi connectivity index (χ1n) is 10.4. The van der Waals surface area contributed by atoms with Crippen molar-refractivity contribution in [3.05, 3.63) is 48.0 Å². The first kappa shape index (κ1) is 23.4. The van der Waals surface area contributed by atoms with Crippen LogP contribution in [0.4, 0.5) is 0 Å². The lowest BCUT2D eigenvalue weighted by atomic mass is 9.88. The molecule has 0 aromatic heterocycles. The van der Waals surface area contributed by atoms with E-state index in [4.69, 9.17) is 4.74 Å². The minimum Gasteiger partial charge on any atom is -0.465 e. The monoisotopic (exact) mass is 408 g/mol. The molecule has 160 valence electrons. The third-order valence-corrected chi connectivity index (χ3v) is 5.51. The molecular weight excluding hydrogens is 376 g/mol. The fourth-order valence-corrected chi connectivity index (χ4v) is 3.76. The van der Waals surface area contributed by atoms with Gasteiger partial charge in [0.25, 0.3) is 0 Å². The van der Waals surface area contributed by atoms with Crippen molar-refractivity contribution in [2.75, 3.05) is 40.3 Å². The van der Waals surface area contributed by atoms with E-state index in [0.29, 0.717) is 12.5 Å². The SMILES string of the molecule is C#C.CN(C)C(=O)CC(=O)OCCCN1CCC(c2ccc3ccccc3c2)CC1. The third-order valence-electron chi connectivity index (χ3n) is 5.51. The predicted molar refractivity (Wildman–Crippen MR) is 121 cm³/mol. The average molecular weight is 409 g/mol. The minimum atomic E-state index is -0.436. The zero-order valence-corrected chi connectivity index (χ0v) is 18.0. The van der Waals surface area contributed by atoms with E-state index < -0.39 is 5.97 Å². The number of hydrogen-bond acceptors (Lipinski definition) is 4. The van der Waals surface area contributed by atoms with Gasteiger partial charge in [-0.2, -0.15) is 0 Å². The average Bonchev–Trinajstić information content (AvgIpc) is 2.78. The summed E-state index contributed by atoms with van der Waals surface area (Å²) >= 11 is 0. The largest absolute Gasteiger partial charge is 0.465 e. The molecule has 0 aliphatic carbocycles. The molecule has 30 heavy (non-hydrogen) atoms. The Morgan fingerprint density at radius 1 is 1.07 bits per heavy atom. The van der Waals surface area contributed by atoms with Gasteiger partial charge >= 0.3 is 5.97 Å². The summed E-state index contributed by atoms with van der Waals surface area (Å²) in [5, 5.41) is 2.61. The highest BCUT2D eigenvalue weighted by Crippen LogP contribution is 2.30. The summed E-state index contributed by atoms with van der Waals surface area (Å²) in [7, 11) is 3.27. The van der Waals surface area contributed by atoms with Crippen molar-refractivity contribution >= 4 is 22.6 Å². The van der Waals surface area contributed by atoms with Gasteiger partial charge in [-0.05, 0) is 54.6 Å². The molecule has 2 aromatic carbocycles. The molecule has 0 spiro atoms. The number of likely N-dealkylation sites (tertiary alicyclic amines) is 1. The molecular formula is C25H32N2O3. The Balaban J connectivity index is 0.00000155. The van der Waals surface area contributed by atoms with Crippen LogP contribution in [0.3, 0.4) is 0 Å². The number of esters is 1. The van der Waals surface area contributed by atoms with Gasteiger partial charge < -0.3 is 14.5 Å². The molecule has 1 amide bonds. The van der Waals surface area contributed by atoms with E-state index in [1.54, 1.807) is 14.1 Å². The summed E-state index contributed by atoms with van der Waals surface area (Å²) in [5.41, 5.74) is 1.44. The van der Waals surface area contributed by atoms with Crippen LogP contribution in [0.25, 0.3) is 10.8 Å². The molecule has 1 heterocycles. The number of rotatable bonds is 7. The van der Waals surface area contributed by atoms with Crippen LogP contribution in [-0.2, 0) is 14.3 Å². The van der Waals surface area contributed by atoms with Crippen molar-refractivity contribution in [2.24, 2.45) is 0 Å². The topological polar surface area (TPSA) is 49.9 Å². The van der Waals surface area contributed by atoms with Gasteiger partial charge in [0.1, 0.15) is 6.42 Å². The molecule has 1 saturated heterocycles. The molecule has 1 fully saturated rings. The Morgan fingerprint density at radius 3 is 2.40 bits per heavy atom. The maximum atomic E-state index is 11.6. The van der Waals surface area contributed by atoms with Gasteiger partial charge in [-0.1, -0.05) is 42.5 Å². The number of terminal acetylenes is 1. The van der Waals surface area contributed by atoms with E-state index >= 15 is 0 Å². The highest BCUT2D eigenvalue weighted by Gasteiger charge is 2.20. The van der Waals surface area contributed by atoms with Crippen molar-refractivity contribution in [3.63, 3.8) is 0 Å². The van der Waals surface area contributed by atoms with Crippen LogP contribution in [0.15, 0.2) is 42.5 Å². The van der Waals surface area contributed by atoms with Crippen molar-refractivity contribution in [1.29, 1.82) is 0 Å².